The molecule has 1 unspecified atom stereocenters. The molecule has 0 bridgehead atoms. The average molecular weight is 338 g/mol. The molecule has 90 valence electrons. The van der Waals surface area contributed by atoms with E-state index in [2.05, 4.69) is 12.2 Å². The van der Waals surface area contributed by atoms with E-state index in [0.29, 0.717) is 34.0 Å². The summed E-state index contributed by atoms with van der Waals surface area (Å²) in [6.45, 7) is 3.42. The molecule has 0 spiro atoms. The molecule has 0 aliphatic carbocycles. The van der Waals surface area contributed by atoms with Crippen molar-refractivity contribution in [1.82, 2.24) is 0 Å². The topological polar surface area (TPSA) is 47.3 Å². The minimum Gasteiger partial charge on any atom is -0.397 e. The molecule has 0 saturated carbocycles. The predicted octanol–water partition coefficient (Wildman–Crippen LogP) is 2.71. The number of methoxy groups -OCH3 is 1. The molecular formula is C11H16FIN2O. The van der Waals surface area contributed by atoms with Gasteiger partial charge in [0.05, 0.1) is 21.6 Å². The monoisotopic (exact) mass is 338 g/mol. The van der Waals surface area contributed by atoms with Gasteiger partial charge in [0, 0.05) is 19.7 Å². The first kappa shape index (κ1) is 13.5. The molecule has 1 rings (SSSR count). The number of nitrogens with one attached hydrogen (secondary N) is 1. The van der Waals surface area contributed by atoms with Crippen LogP contribution in [0.4, 0.5) is 15.8 Å². The fourth-order valence-electron chi connectivity index (χ4n) is 1.34. The number of nitrogen functional groups attached to an aromatic ring is 1. The summed E-state index contributed by atoms with van der Waals surface area (Å²) in [6.07, 6.45) is 0. The van der Waals surface area contributed by atoms with Gasteiger partial charge in [0.2, 0.25) is 0 Å². The molecule has 1 aromatic rings. The van der Waals surface area contributed by atoms with E-state index in [4.69, 9.17) is 10.5 Å². The fraction of sp³-hybridized carbons (Fsp3) is 0.455. The van der Waals surface area contributed by atoms with Gasteiger partial charge in [0.15, 0.2) is 0 Å². The third-order valence-corrected chi connectivity index (χ3v) is 3.01. The summed E-state index contributed by atoms with van der Waals surface area (Å²) < 4.78 is 18.9. The number of benzene rings is 1. The van der Waals surface area contributed by atoms with Crippen molar-refractivity contribution in [2.75, 3.05) is 31.3 Å². The molecule has 3 nitrogen and oxygen atoms in total. The maximum atomic E-state index is 13.3. The molecule has 1 aromatic carbocycles. The van der Waals surface area contributed by atoms with Gasteiger partial charge in [-0.05, 0) is 34.6 Å². The van der Waals surface area contributed by atoms with Gasteiger partial charge >= 0.3 is 0 Å². The van der Waals surface area contributed by atoms with Crippen molar-refractivity contribution in [2.24, 2.45) is 5.92 Å². The standard InChI is InChI=1S/C11H16FIN2O/c1-7(6-16-2)5-15-11-3-8(12)9(13)4-10(11)14/h3-4,7,15H,5-6,14H2,1-2H3. The van der Waals surface area contributed by atoms with Gasteiger partial charge in [-0.1, -0.05) is 6.92 Å². The number of anilines is 2. The Morgan fingerprint density at radius 1 is 1.56 bits per heavy atom. The summed E-state index contributed by atoms with van der Waals surface area (Å²) in [5, 5.41) is 3.12. The van der Waals surface area contributed by atoms with Crippen LogP contribution in [0.25, 0.3) is 0 Å². The van der Waals surface area contributed by atoms with Crippen LogP contribution < -0.4 is 11.1 Å². The second-order valence-corrected chi connectivity index (χ2v) is 4.96. The van der Waals surface area contributed by atoms with E-state index in [9.17, 15) is 4.39 Å². The molecule has 0 aromatic heterocycles. The second kappa shape index (κ2) is 6.24. The highest BCUT2D eigenvalue weighted by Crippen LogP contribution is 2.24. The Kier molecular flexibility index (Phi) is 5.27. The quantitative estimate of drug-likeness (QED) is 0.641. The predicted molar refractivity (Wildman–Crippen MR) is 73.1 cm³/mol. The molecule has 0 saturated heterocycles. The smallest absolute Gasteiger partial charge is 0.138 e. The van der Waals surface area contributed by atoms with Crippen molar-refractivity contribution in [3.05, 3.63) is 21.5 Å². The lowest BCUT2D eigenvalue weighted by molar-refractivity contribution is 0.164. The van der Waals surface area contributed by atoms with Crippen LogP contribution in [0.1, 0.15) is 6.92 Å². The Morgan fingerprint density at radius 2 is 2.25 bits per heavy atom. The molecule has 0 aliphatic rings. The molecule has 5 heteroatoms. The first-order chi connectivity index (χ1) is 7.54. The van der Waals surface area contributed by atoms with Crippen LogP contribution >= 0.6 is 22.6 Å². The SMILES string of the molecule is COCC(C)CNc1cc(F)c(I)cc1N. The number of nitrogens with two attached hydrogens (primary N) is 1. The summed E-state index contributed by atoms with van der Waals surface area (Å²) in [4.78, 5) is 0. The van der Waals surface area contributed by atoms with Gasteiger partial charge in [-0.2, -0.15) is 0 Å². The lowest BCUT2D eigenvalue weighted by Gasteiger charge is -2.14. The average Bonchev–Trinajstić information content (AvgIpc) is 2.22. The van der Waals surface area contributed by atoms with Crippen molar-refractivity contribution < 1.29 is 9.13 Å². The Morgan fingerprint density at radius 3 is 2.88 bits per heavy atom. The van der Waals surface area contributed by atoms with E-state index < -0.39 is 0 Å². The van der Waals surface area contributed by atoms with Crippen LogP contribution in [0.15, 0.2) is 12.1 Å². The minimum absolute atomic E-state index is 0.253. The highest BCUT2D eigenvalue weighted by atomic mass is 127. The molecule has 0 aliphatic heterocycles. The summed E-state index contributed by atoms with van der Waals surface area (Å²) in [5.74, 6) is 0.100. The molecule has 0 radical (unpaired) electrons. The highest BCUT2D eigenvalue weighted by Gasteiger charge is 2.07. The zero-order valence-corrected chi connectivity index (χ0v) is 11.5. The van der Waals surface area contributed by atoms with Crippen LogP contribution in [0.2, 0.25) is 0 Å². The van der Waals surface area contributed by atoms with E-state index in [1.54, 1.807) is 13.2 Å². The maximum absolute atomic E-state index is 13.3. The normalized spacial score (nSPS) is 12.5. The molecule has 0 fully saturated rings. The lowest BCUT2D eigenvalue weighted by atomic mass is 10.2. The van der Waals surface area contributed by atoms with Gasteiger partial charge in [0.1, 0.15) is 5.82 Å². The molecule has 0 heterocycles. The van der Waals surface area contributed by atoms with Gasteiger partial charge in [-0.25, -0.2) is 4.39 Å². The molecule has 16 heavy (non-hydrogen) atoms. The van der Waals surface area contributed by atoms with E-state index in [1.807, 2.05) is 22.6 Å². The molecular weight excluding hydrogens is 322 g/mol. The van der Waals surface area contributed by atoms with Crippen molar-refractivity contribution in [1.29, 1.82) is 0 Å². The van der Waals surface area contributed by atoms with Gasteiger partial charge in [0.25, 0.3) is 0 Å². The van der Waals surface area contributed by atoms with Crippen molar-refractivity contribution in [2.45, 2.75) is 6.92 Å². The molecule has 0 amide bonds. The van der Waals surface area contributed by atoms with E-state index in [1.165, 1.54) is 6.07 Å². The van der Waals surface area contributed by atoms with E-state index >= 15 is 0 Å². The first-order valence-corrected chi connectivity index (χ1v) is 6.09. The Balaban J connectivity index is 2.63. The summed E-state index contributed by atoms with van der Waals surface area (Å²) in [7, 11) is 1.66. The third kappa shape index (κ3) is 3.79. The van der Waals surface area contributed by atoms with Crippen molar-refractivity contribution in [3.8, 4) is 0 Å². The molecule has 1 atom stereocenters. The van der Waals surface area contributed by atoms with Gasteiger partial charge in [-0.15, -0.1) is 0 Å². The summed E-state index contributed by atoms with van der Waals surface area (Å²) in [6, 6.07) is 3.05. The zero-order valence-electron chi connectivity index (χ0n) is 9.39. The number of rotatable bonds is 5. The Bertz CT molecular complexity index is 360. The van der Waals surface area contributed by atoms with Crippen LogP contribution in [0.3, 0.4) is 0 Å². The van der Waals surface area contributed by atoms with Gasteiger partial charge < -0.3 is 15.8 Å². The van der Waals surface area contributed by atoms with Gasteiger partial charge in [-0.3, -0.25) is 0 Å². The lowest BCUT2D eigenvalue weighted by Crippen LogP contribution is -2.16. The van der Waals surface area contributed by atoms with E-state index in [-0.39, 0.29) is 5.82 Å². The summed E-state index contributed by atoms with van der Waals surface area (Å²) in [5.41, 5.74) is 6.99. The largest absolute Gasteiger partial charge is 0.397 e. The Hall–Kier alpha value is -0.560. The fourth-order valence-corrected chi connectivity index (χ4v) is 1.83. The first-order valence-electron chi connectivity index (χ1n) is 5.02. The zero-order chi connectivity index (χ0) is 12.1. The minimum atomic E-state index is -0.253. The van der Waals surface area contributed by atoms with Crippen molar-refractivity contribution >= 4 is 34.0 Å². The van der Waals surface area contributed by atoms with E-state index in [0.717, 1.165) is 0 Å². The van der Waals surface area contributed by atoms with Crippen LogP contribution in [-0.4, -0.2) is 20.3 Å². The Labute approximate surface area is 109 Å². The van der Waals surface area contributed by atoms with Crippen LogP contribution in [-0.2, 0) is 4.74 Å². The van der Waals surface area contributed by atoms with Crippen molar-refractivity contribution in [3.63, 3.8) is 0 Å². The van der Waals surface area contributed by atoms with Crippen LogP contribution in [0, 0.1) is 15.3 Å². The molecule has 3 N–H and O–H groups in total. The number of ether oxygens (including phenoxy) is 1. The highest BCUT2D eigenvalue weighted by molar-refractivity contribution is 14.1. The number of halogens is 2. The third-order valence-electron chi connectivity index (χ3n) is 2.18. The number of hydrogen-bond acceptors (Lipinski definition) is 3. The summed E-state index contributed by atoms with van der Waals surface area (Å²) >= 11 is 1.92. The number of hydrogen-bond donors (Lipinski definition) is 2. The second-order valence-electron chi connectivity index (χ2n) is 3.79. The maximum Gasteiger partial charge on any atom is 0.138 e. The van der Waals surface area contributed by atoms with Crippen LogP contribution in [0.5, 0.6) is 0 Å².